The minimum absolute atomic E-state index is 0. The molecule has 0 fully saturated rings. The van der Waals surface area contributed by atoms with Crippen molar-refractivity contribution in [3.8, 4) is 0 Å². The zero-order chi connectivity index (χ0) is 29.1. The van der Waals surface area contributed by atoms with E-state index in [0.717, 1.165) is 12.8 Å². The number of Topliss-reactive ketones (excluding diaryl/α,β-unsaturated/α-hetero) is 1. The lowest BCUT2D eigenvalue weighted by atomic mass is 10.1. The van der Waals surface area contributed by atoms with E-state index in [2.05, 4.69) is 0 Å². The number of aromatic carboxylic acids is 2. The van der Waals surface area contributed by atoms with Gasteiger partial charge in [-0.3, -0.25) is 14.4 Å². The molecule has 0 saturated heterocycles. The second-order valence-corrected chi connectivity index (χ2v) is 7.44. The van der Waals surface area contributed by atoms with Crippen molar-refractivity contribution in [2.24, 2.45) is 0 Å². The van der Waals surface area contributed by atoms with Gasteiger partial charge in [0.05, 0.1) is 36.1 Å². The van der Waals surface area contributed by atoms with Crippen LogP contribution in [0.3, 0.4) is 0 Å². The molecule has 0 unspecified atom stereocenters. The molecule has 2 rings (SSSR count). The van der Waals surface area contributed by atoms with E-state index in [9.17, 15) is 28.8 Å². The number of hydrogen-bond donors (Lipinski definition) is 4. The number of carboxylic acids is 4. The molecule has 0 amide bonds. The summed E-state index contributed by atoms with van der Waals surface area (Å²) in [5, 5.41) is 32.7. The lowest BCUT2D eigenvalue weighted by Gasteiger charge is -2.05. The number of esters is 1. The van der Waals surface area contributed by atoms with Gasteiger partial charge in [0, 0.05) is 19.3 Å². The van der Waals surface area contributed by atoms with Crippen LogP contribution in [0.5, 0.6) is 0 Å². The Morgan fingerprint density at radius 1 is 0.615 bits per heavy atom. The van der Waals surface area contributed by atoms with Gasteiger partial charge in [0.25, 0.3) is 0 Å². The van der Waals surface area contributed by atoms with Crippen molar-refractivity contribution in [3.63, 3.8) is 0 Å². The van der Waals surface area contributed by atoms with E-state index in [0.29, 0.717) is 24.3 Å². The second-order valence-electron chi connectivity index (χ2n) is 7.44. The molecule has 0 aromatic heterocycles. The van der Waals surface area contributed by atoms with Crippen molar-refractivity contribution in [3.05, 3.63) is 70.8 Å². The van der Waals surface area contributed by atoms with E-state index in [1.165, 1.54) is 31.2 Å². The molecule has 0 spiro atoms. The van der Waals surface area contributed by atoms with Crippen LogP contribution < -0.4 is 0 Å². The van der Waals surface area contributed by atoms with Crippen molar-refractivity contribution in [2.75, 3.05) is 20.3 Å². The highest BCUT2D eigenvalue weighted by Crippen LogP contribution is 2.07. The third kappa shape index (κ3) is 17.5. The maximum absolute atomic E-state index is 11.6. The van der Waals surface area contributed by atoms with Gasteiger partial charge in [0.15, 0.2) is 5.78 Å². The van der Waals surface area contributed by atoms with Crippen molar-refractivity contribution < 1.29 is 58.7 Å². The number of hydrogen-bond acceptors (Lipinski definition) is 8. The summed E-state index contributed by atoms with van der Waals surface area (Å²) in [6.07, 6.45) is 1.06. The monoisotopic (exact) mass is 550 g/mol. The van der Waals surface area contributed by atoms with E-state index >= 15 is 0 Å². The predicted octanol–water partition coefficient (Wildman–Crippen LogP) is 4.13. The van der Waals surface area contributed by atoms with Gasteiger partial charge in [-0.05, 0) is 56.2 Å². The number of methoxy groups -OCH3 is 1. The predicted molar refractivity (Wildman–Crippen MR) is 139 cm³/mol. The van der Waals surface area contributed by atoms with Gasteiger partial charge in [-0.2, -0.15) is 0 Å². The zero-order valence-corrected chi connectivity index (χ0v) is 20.9. The SMILES string of the molecule is C.COCCCCOC(=O)c1ccc(C(C)=O)cc1.O=C(O)CCC(=O)O.O=C(O)c1ccc(C(=O)O)cc1. The molecule has 0 saturated carbocycles. The lowest BCUT2D eigenvalue weighted by Crippen LogP contribution is -2.07. The highest BCUT2D eigenvalue weighted by molar-refractivity contribution is 5.96. The summed E-state index contributed by atoms with van der Waals surface area (Å²) >= 11 is 0. The molecular weight excluding hydrogens is 516 g/mol. The van der Waals surface area contributed by atoms with Crippen LogP contribution in [-0.2, 0) is 19.1 Å². The normalized spacial score (nSPS) is 9.28. The van der Waals surface area contributed by atoms with Crippen LogP contribution in [0.15, 0.2) is 48.5 Å². The number of unbranched alkanes of at least 4 members (excludes halogenated alkanes) is 1. The van der Waals surface area contributed by atoms with Gasteiger partial charge in [-0.1, -0.05) is 19.6 Å². The molecule has 0 heterocycles. The van der Waals surface area contributed by atoms with Crippen LogP contribution in [0.2, 0.25) is 0 Å². The van der Waals surface area contributed by atoms with Gasteiger partial charge in [-0.25, -0.2) is 14.4 Å². The van der Waals surface area contributed by atoms with E-state index in [-0.39, 0.29) is 43.1 Å². The number of carbonyl (C=O) groups is 6. The molecule has 0 aliphatic rings. The molecule has 0 radical (unpaired) electrons. The van der Waals surface area contributed by atoms with E-state index in [1.54, 1.807) is 31.4 Å². The Kier molecular flexibility index (Phi) is 19.2. The quantitative estimate of drug-likeness (QED) is 0.167. The number of ether oxygens (including phenoxy) is 2. The first kappa shape index (κ1) is 36.6. The molecular formula is C27H34O12. The Morgan fingerprint density at radius 2 is 0.974 bits per heavy atom. The fraction of sp³-hybridized carbons (Fsp3) is 0.333. The van der Waals surface area contributed by atoms with Gasteiger partial charge in [0.1, 0.15) is 0 Å². The summed E-state index contributed by atoms with van der Waals surface area (Å²) in [6.45, 7) is 2.55. The fourth-order valence-electron chi connectivity index (χ4n) is 2.41. The third-order valence-corrected chi connectivity index (χ3v) is 4.43. The average Bonchev–Trinajstić information content (AvgIpc) is 2.88. The second kappa shape index (κ2) is 20.5. The number of rotatable bonds is 12. The third-order valence-electron chi connectivity index (χ3n) is 4.43. The first-order valence-electron chi connectivity index (χ1n) is 11.2. The highest BCUT2D eigenvalue weighted by atomic mass is 16.5. The Hall–Kier alpha value is -4.58. The molecule has 214 valence electrons. The Labute approximate surface area is 225 Å². The Bertz CT molecular complexity index is 1030. The standard InChI is InChI=1S/C14H18O4.C8H6O4.C4H6O4.CH4/c1-11(15)12-5-7-13(8-6-12)14(16)18-10-4-3-9-17-2;9-7(10)5-1-2-6(4-3-5)8(11)12;5-3(6)1-2-4(7)8;/h5-8H,3-4,9-10H2,1-2H3;1-4H,(H,9,10)(H,11,12);1-2H2,(H,5,6)(H,7,8);1H4. The molecule has 4 N–H and O–H groups in total. The largest absolute Gasteiger partial charge is 0.481 e. The topological polar surface area (TPSA) is 202 Å². The number of benzene rings is 2. The molecule has 2 aromatic carbocycles. The Morgan fingerprint density at radius 3 is 1.31 bits per heavy atom. The van der Waals surface area contributed by atoms with Gasteiger partial charge in [-0.15, -0.1) is 0 Å². The first-order valence-corrected chi connectivity index (χ1v) is 11.2. The summed E-state index contributed by atoms with van der Waals surface area (Å²) in [7, 11) is 1.64. The summed E-state index contributed by atoms with van der Waals surface area (Å²) in [4.78, 5) is 62.6. The highest BCUT2D eigenvalue weighted by Gasteiger charge is 2.08. The maximum atomic E-state index is 11.6. The van der Waals surface area contributed by atoms with Crippen LogP contribution in [0.25, 0.3) is 0 Å². The van der Waals surface area contributed by atoms with E-state index in [4.69, 9.17) is 29.9 Å². The minimum Gasteiger partial charge on any atom is -0.481 e. The van der Waals surface area contributed by atoms with Crippen molar-refractivity contribution >= 4 is 35.6 Å². The van der Waals surface area contributed by atoms with E-state index in [1.807, 2.05) is 0 Å². The number of ketones is 1. The van der Waals surface area contributed by atoms with Gasteiger partial charge in [0.2, 0.25) is 0 Å². The molecule has 0 bridgehead atoms. The molecule has 0 aliphatic heterocycles. The smallest absolute Gasteiger partial charge is 0.338 e. The Balaban J connectivity index is 0. The fourth-order valence-corrected chi connectivity index (χ4v) is 2.41. The summed E-state index contributed by atoms with van der Waals surface area (Å²) in [6, 6.07) is 11.5. The molecule has 39 heavy (non-hydrogen) atoms. The van der Waals surface area contributed by atoms with Crippen LogP contribution in [0.1, 0.15) is 81.5 Å². The maximum Gasteiger partial charge on any atom is 0.338 e. The van der Waals surface area contributed by atoms with Gasteiger partial charge < -0.3 is 29.9 Å². The molecule has 12 heteroatoms. The molecule has 0 atom stereocenters. The molecule has 0 aliphatic carbocycles. The summed E-state index contributed by atoms with van der Waals surface area (Å²) in [5.41, 5.74) is 1.22. The van der Waals surface area contributed by atoms with Crippen molar-refractivity contribution in [1.29, 1.82) is 0 Å². The van der Waals surface area contributed by atoms with E-state index < -0.39 is 23.9 Å². The van der Waals surface area contributed by atoms with Crippen molar-refractivity contribution in [1.82, 2.24) is 0 Å². The van der Waals surface area contributed by atoms with Crippen LogP contribution in [0.4, 0.5) is 0 Å². The summed E-state index contributed by atoms with van der Waals surface area (Å²) in [5.74, 6) is -4.66. The minimum atomic E-state index is -1.08. The first-order chi connectivity index (χ1) is 17.9. The van der Waals surface area contributed by atoms with Crippen LogP contribution in [-0.4, -0.2) is 76.4 Å². The number of aliphatic carboxylic acids is 2. The zero-order valence-electron chi connectivity index (χ0n) is 20.9. The van der Waals surface area contributed by atoms with Gasteiger partial charge >= 0.3 is 29.8 Å². The molecule has 12 nitrogen and oxygen atoms in total. The average molecular weight is 551 g/mol. The lowest BCUT2D eigenvalue weighted by molar-refractivity contribution is -0.143. The number of carboxylic acid groups (broad SMARTS) is 4. The summed E-state index contributed by atoms with van der Waals surface area (Å²) < 4.78 is 9.99. The molecule has 2 aromatic rings. The van der Waals surface area contributed by atoms with Crippen LogP contribution in [0, 0.1) is 0 Å². The number of carbonyl (C=O) groups excluding carboxylic acids is 2. The van der Waals surface area contributed by atoms with Crippen LogP contribution >= 0.6 is 0 Å². The van der Waals surface area contributed by atoms with Crippen molar-refractivity contribution in [2.45, 2.75) is 40.0 Å².